The Morgan fingerprint density at radius 3 is 2.65 bits per heavy atom. The van der Waals surface area contributed by atoms with Gasteiger partial charge in [0.1, 0.15) is 11.6 Å². The van der Waals surface area contributed by atoms with Crippen LogP contribution in [0.2, 0.25) is 0 Å². The summed E-state index contributed by atoms with van der Waals surface area (Å²) in [6, 6.07) is 15.2. The van der Waals surface area contributed by atoms with Gasteiger partial charge in [-0.25, -0.2) is 4.39 Å². The first-order valence-corrected chi connectivity index (χ1v) is 5.32. The Morgan fingerprint density at radius 2 is 2.00 bits per heavy atom. The lowest BCUT2D eigenvalue weighted by Gasteiger charge is -2.07. The van der Waals surface area contributed by atoms with Gasteiger partial charge in [0.2, 0.25) is 0 Å². The van der Waals surface area contributed by atoms with E-state index in [9.17, 15) is 4.39 Å². The third kappa shape index (κ3) is 2.97. The average molecular weight is 230 g/mol. The summed E-state index contributed by atoms with van der Waals surface area (Å²) in [5.74, 6) is 0.521. The Balaban J connectivity index is 2.00. The third-order valence-electron chi connectivity index (χ3n) is 2.43. The van der Waals surface area contributed by atoms with Crippen LogP contribution in [0.15, 0.2) is 42.5 Å². The van der Waals surface area contributed by atoms with E-state index in [1.54, 1.807) is 19.2 Å². The smallest absolute Gasteiger partial charge is 0.146 e. The first-order chi connectivity index (χ1) is 8.29. The highest BCUT2D eigenvalue weighted by molar-refractivity contribution is 5.44. The number of hydrogen-bond acceptors (Lipinski definition) is 2. The molecule has 2 nitrogen and oxygen atoms in total. The van der Waals surface area contributed by atoms with Gasteiger partial charge in [-0.05, 0) is 23.8 Å². The van der Waals surface area contributed by atoms with E-state index in [-0.39, 0.29) is 5.82 Å². The van der Waals surface area contributed by atoms with Crippen LogP contribution in [0.1, 0.15) is 5.56 Å². The Morgan fingerprint density at radius 1 is 1.24 bits per heavy atom. The quantitative estimate of drug-likeness (QED) is 0.870. The van der Waals surface area contributed by atoms with Crippen molar-refractivity contribution in [3.8, 4) is 5.75 Å². The van der Waals surface area contributed by atoms with E-state index in [2.05, 4.69) is 11.4 Å². The Hall–Kier alpha value is -2.03. The highest BCUT2D eigenvalue weighted by Gasteiger charge is 2.00. The molecule has 2 aromatic carbocycles. The van der Waals surface area contributed by atoms with Crippen LogP contribution in [0.3, 0.4) is 0 Å². The normalized spacial score (nSPS) is 10.0. The summed E-state index contributed by atoms with van der Waals surface area (Å²) in [6.07, 6.45) is 0. The number of rotatable bonds is 4. The summed E-state index contributed by atoms with van der Waals surface area (Å²) in [6.45, 7) is 0.557. The van der Waals surface area contributed by atoms with Gasteiger partial charge in [0.15, 0.2) is 0 Å². The number of nitrogens with one attached hydrogen (secondary N) is 1. The molecule has 0 fully saturated rings. The molecule has 0 aliphatic carbocycles. The van der Waals surface area contributed by atoms with Crippen LogP contribution in [0.5, 0.6) is 5.75 Å². The van der Waals surface area contributed by atoms with Crippen LogP contribution in [0.25, 0.3) is 0 Å². The molecule has 0 aromatic heterocycles. The van der Waals surface area contributed by atoms with E-state index in [1.165, 1.54) is 6.07 Å². The van der Waals surface area contributed by atoms with Gasteiger partial charge >= 0.3 is 0 Å². The second-order valence-electron chi connectivity index (χ2n) is 3.59. The van der Waals surface area contributed by atoms with E-state index >= 15 is 0 Å². The summed E-state index contributed by atoms with van der Waals surface area (Å²) in [5.41, 5.74) is 1.45. The van der Waals surface area contributed by atoms with Gasteiger partial charge in [-0.2, -0.15) is 0 Å². The number of hydrogen-bond donors (Lipinski definition) is 1. The van der Waals surface area contributed by atoms with Crippen molar-refractivity contribution in [1.29, 1.82) is 0 Å². The maximum Gasteiger partial charge on any atom is 0.146 e. The molecule has 87 valence electrons. The second kappa shape index (κ2) is 5.34. The lowest BCUT2D eigenvalue weighted by atomic mass is 10.2. The highest BCUT2D eigenvalue weighted by atomic mass is 19.1. The standard InChI is InChI=1S/C14H13FNO/c1-17-12-8-6-11(7-9-12)10-16-14-5-3-2-4-13(14)15/h2-4,6-9,16H,10H2,1H3. The lowest BCUT2D eigenvalue weighted by molar-refractivity contribution is 0.414. The first kappa shape index (κ1) is 11.5. The maximum absolute atomic E-state index is 13.3. The number of ether oxygens (including phenoxy) is 1. The van der Waals surface area contributed by atoms with Crippen LogP contribution < -0.4 is 10.1 Å². The summed E-state index contributed by atoms with van der Waals surface area (Å²) >= 11 is 0. The van der Waals surface area contributed by atoms with Crippen molar-refractivity contribution in [1.82, 2.24) is 0 Å². The van der Waals surface area contributed by atoms with E-state index in [0.29, 0.717) is 12.2 Å². The summed E-state index contributed by atoms with van der Waals surface area (Å²) in [5, 5.41) is 3.00. The largest absolute Gasteiger partial charge is 0.497 e. The lowest BCUT2D eigenvalue weighted by Crippen LogP contribution is -2.01. The fourth-order valence-electron chi connectivity index (χ4n) is 1.49. The molecule has 1 N–H and O–H groups in total. The molecule has 2 aromatic rings. The van der Waals surface area contributed by atoms with E-state index in [1.807, 2.05) is 24.3 Å². The van der Waals surface area contributed by atoms with Gasteiger partial charge in [0.25, 0.3) is 0 Å². The molecule has 0 spiro atoms. The Labute approximate surface area is 100 Å². The summed E-state index contributed by atoms with van der Waals surface area (Å²) in [4.78, 5) is 0. The molecule has 1 radical (unpaired) electrons. The van der Waals surface area contributed by atoms with Gasteiger partial charge in [0, 0.05) is 12.6 Å². The molecule has 0 amide bonds. The molecule has 0 unspecified atom stereocenters. The van der Waals surface area contributed by atoms with E-state index < -0.39 is 0 Å². The number of para-hydroxylation sites is 1. The SMILES string of the molecule is COc1ccc(CNc2[c]cccc2F)cc1. The zero-order valence-electron chi connectivity index (χ0n) is 9.53. The monoisotopic (exact) mass is 230 g/mol. The predicted molar refractivity (Wildman–Crippen MR) is 65.6 cm³/mol. The zero-order valence-corrected chi connectivity index (χ0v) is 9.53. The molecule has 2 rings (SSSR count). The number of halogens is 1. The molecule has 0 atom stereocenters. The maximum atomic E-state index is 13.3. The minimum Gasteiger partial charge on any atom is -0.497 e. The Kier molecular flexibility index (Phi) is 3.60. The third-order valence-corrected chi connectivity index (χ3v) is 2.43. The van der Waals surface area contributed by atoms with Crippen molar-refractivity contribution in [2.75, 3.05) is 12.4 Å². The molecule has 0 bridgehead atoms. The molecule has 0 aliphatic heterocycles. The first-order valence-electron chi connectivity index (χ1n) is 5.32. The van der Waals surface area contributed by atoms with Crippen LogP contribution in [-0.4, -0.2) is 7.11 Å². The molecular weight excluding hydrogens is 217 g/mol. The van der Waals surface area contributed by atoms with Crippen molar-refractivity contribution in [2.45, 2.75) is 6.54 Å². The number of anilines is 1. The number of methoxy groups -OCH3 is 1. The van der Waals surface area contributed by atoms with Gasteiger partial charge in [0.05, 0.1) is 12.8 Å². The van der Waals surface area contributed by atoms with Crippen molar-refractivity contribution >= 4 is 5.69 Å². The molecular formula is C14H13FNO. The Bertz CT molecular complexity index is 482. The van der Waals surface area contributed by atoms with Crippen LogP contribution >= 0.6 is 0 Å². The van der Waals surface area contributed by atoms with Crippen molar-refractivity contribution in [2.24, 2.45) is 0 Å². The molecule has 0 aliphatic rings. The van der Waals surface area contributed by atoms with E-state index in [0.717, 1.165) is 11.3 Å². The average Bonchev–Trinajstić information content (AvgIpc) is 2.38. The molecule has 0 saturated carbocycles. The van der Waals surface area contributed by atoms with Crippen LogP contribution in [0.4, 0.5) is 10.1 Å². The fourth-order valence-corrected chi connectivity index (χ4v) is 1.49. The van der Waals surface area contributed by atoms with Crippen molar-refractivity contribution in [3.05, 3.63) is 59.9 Å². The molecule has 0 heterocycles. The van der Waals surface area contributed by atoms with Crippen molar-refractivity contribution in [3.63, 3.8) is 0 Å². The van der Waals surface area contributed by atoms with Gasteiger partial charge in [-0.15, -0.1) is 0 Å². The van der Waals surface area contributed by atoms with Crippen LogP contribution in [-0.2, 0) is 6.54 Å². The summed E-state index contributed by atoms with van der Waals surface area (Å²) < 4.78 is 18.4. The van der Waals surface area contributed by atoms with Gasteiger partial charge in [-0.3, -0.25) is 0 Å². The highest BCUT2D eigenvalue weighted by Crippen LogP contribution is 2.15. The predicted octanol–water partition coefficient (Wildman–Crippen LogP) is 3.25. The van der Waals surface area contributed by atoms with Crippen LogP contribution in [0, 0.1) is 11.9 Å². The second-order valence-corrected chi connectivity index (χ2v) is 3.59. The molecule has 17 heavy (non-hydrogen) atoms. The topological polar surface area (TPSA) is 21.3 Å². The minimum absolute atomic E-state index is 0.291. The van der Waals surface area contributed by atoms with Gasteiger partial charge in [-0.1, -0.05) is 24.3 Å². The van der Waals surface area contributed by atoms with Gasteiger partial charge < -0.3 is 10.1 Å². The van der Waals surface area contributed by atoms with Crippen molar-refractivity contribution < 1.29 is 9.13 Å². The minimum atomic E-state index is -0.291. The number of benzene rings is 2. The molecule has 0 saturated heterocycles. The molecule has 3 heteroatoms. The van der Waals surface area contributed by atoms with E-state index in [4.69, 9.17) is 4.74 Å². The summed E-state index contributed by atoms with van der Waals surface area (Å²) in [7, 11) is 1.63. The fraction of sp³-hybridized carbons (Fsp3) is 0.143. The zero-order chi connectivity index (χ0) is 12.1.